The van der Waals surface area contributed by atoms with Crippen LogP contribution in [-0.2, 0) is 6.42 Å². The SMILES string of the molecule is COc1ccc2c(c1OC)C(C1CCC1)N1CCc3cc4c(cc3C1=C2)OCO4. The average molecular weight is 391 g/mol. The number of rotatable bonds is 3. The highest BCUT2D eigenvalue weighted by Gasteiger charge is 2.42. The van der Waals surface area contributed by atoms with E-state index < -0.39 is 0 Å². The van der Waals surface area contributed by atoms with E-state index in [9.17, 15) is 0 Å². The van der Waals surface area contributed by atoms with Crippen molar-refractivity contribution in [2.75, 3.05) is 27.6 Å². The lowest BCUT2D eigenvalue weighted by atomic mass is 9.72. The zero-order valence-electron chi connectivity index (χ0n) is 16.9. The van der Waals surface area contributed by atoms with Crippen LogP contribution in [0.15, 0.2) is 24.3 Å². The maximum atomic E-state index is 5.88. The van der Waals surface area contributed by atoms with E-state index in [4.69, 9.17) is 18.9 Å². The van der Waals surface area contributed by atoms with E-state index >= 15 is 0 Å². The van der Waals surface area contributed by atoms with Crippen molar-refractivity contribution in [3.8, 4) is 23.0 Å². The van der Waals surface area contributed by atoms with E-state index in [0.29, 0.717) is 18.8 Å². The van der Waals surface area contributed by atoms with Gasteiger partial charge in [0.2, 0.25) is 6.79 Å². The first-order valence-corrected chi connectivity index (χ1v) is 10.4. The van der Waals surface area contributed by atoms with Crippen LogP contribution in [0.2, 0.25) is 0 Å². The molecule has 5 heteroatoms. The molecule has 150 valence electrons. The van der Waals surface area contributed by atoms with Crippen LogP contribution < -0.4 is 18.9 Å². The van der Waals surface area contributed by atoms with Gasteiger partial charge in [-0.25, -0.2) is 0 Å². The monoisotopic (exact) mass is 391 g/mol. The molecule has 1 atom stereocenters. The van der Waals surface area contributed by atoms with Gasteiger partial charge in [-0.2, -0.15) is 0 Å². The molecule has 0 radical (unpaired) electrons. The summed E-state index contributed by atoms with van der Waals surface area (Å²) < 4.78 is 22.8. The minimum atomic E-state index is 0.311. The standard InChI is InChI=1S/C24H25NO4/c1-26-19-7-6-16-10-18-17-12-21-20(28-13-29-21)11-15(17)8-9-25(18)23(14-4-3-5-14)22(16)24(19)27-2/h6-7,10-12,14,23H,3-5,8-9,13H2,1-2H3. The number of hydrogen-bond acceptors (Lipinski definition) is 5. The number of fused-ring (bicyclic) bond motifs is 5. The highest BCUT2D eigenvalue weighted by Crippen LogP contribution is 2.54. The molecule has 0 N–H and O–H groups in total. The van der Waals surface area contributed by atoms with E-state index in [-0.39, 0.29) is 0 Å². The van der Waals surface area contributed by atoms with Crippen molar-refractivity contribution in [3.63, 3.8) is 0 Å². The van der Waals surface area contributed by atoms with Crippen LogP contribution in [0.4, 0.5) is 0 Å². The molecule has 0 saturated heterocycles. The van der Waals surface area contributed by atoms with Gasteiger partial charge in [-0.05, 0) is 60.6 Å². The molecule has 6 rings (SSSR count). The largest absolute Gasteiger partial charge is 0.493 e. The molecule has 0 aromatic heterocycles. The summed E-state index contributed by atoms with van der Waals surface area (Å²) in [5, 5.41) is 0. The van der Waals surface area contributed by atoms with E-state index in [1.54, 1.807) is 14.2 Å². The molecule has 3 heterocycles. The quantitative estimate of drug-likeness (QED) is 0.762. The Morgan fingerprint density at radius 1 is 1.03 bits per heavy atom. The summed E-state index contributed by atoms with van der Waals surface area (Å²) >= 11 is 0. The fourth-order valence-electron chi connectivity index (χ4n) is 5.34. The second-order valence-corrected chi connectivity index (χ2v) is 8.28. The Bertz CT molecular complexity index is 1020. The van der Waals surface area contributed by atoms with E-state index in [1.807, 2.05) is 6.07 Å². The zero-order valence-corrected chi connectivity index (χ0v) is 16.9. The smallest absolute Gasteiger partial charge is 0.231 e. The fraction of sp³-hybridized carbons (Fsp3) is 0.417. The highest BCUT2D eigenvalue weighted by atomic mass is 16.7. The van der Waals surface area contributed by atoms with Crippen LogP contribution in [0.1, 0.15) is 47.6 Å². The second-order valence-electron chi connectivity index (χ2n) is 8.28. The molecule has 1 unspecified atom stereocenters. The number of ether oxygens (including phenoxy) is 4. The van der Waals surface area contributed by atoms with Crippen LogP contribution >= 0.6 is 0 Å². The molecular weight excluding hydrogens is 366 g/mol. The fourth-order valence-corrected chi connectivity index (χ4v) is 5.34. The molecule has 0 bridgehead atoms. The van der Waals surface area contributed by atoms with Crippen molar-refractivity contribution < 1.29 is 18.9 Å². The maximum absolute atomic E-state index is 5.88. The Hall–Kier alpha value is -2.82. The summed E-state index contributed by atoms with van der Waals surface area (Å²) in [4.78, 5) is 2.60. The predicted octanol–water partition coefficient (Wildman–Crippen LogP) is 4.64. The lowest BCUT2D eigenvalue weighted by Crippen LogP contribution is -2.41. The first kappa shape index (κ1) is 17.1. The zero-order chi connectivity index (χ0) is 19.5. The number of methoxy groups -OCH3 is 2. The summed E-state index contributed by atoms with van der Waals surface area (Å²) in [5.41, 5.74) is 6.42. The Morgan fingerprint density at radius 3 is 2.59 bits per heavy atom. The molecule has 1 fully saturated rings. The van der Waals surface area contributed by atoms with Gasteiger partial charge in [-0.1, -0.05) is 12.5 Å². The van der Waals surface area contributed by atoms with Gasteiger partial charge in [0.15, 0.2) is 23.0 Å². The molecule has 3 aliphatic heterocycles. The third-order valence-electron chi connectivity index (χ3n) is 6.94. The van der Waals surface area contributed by atoms with Crippen molar-refractivity contribution in [1.82, 2.24) is 4.90 Å². The third-order valence-corrected chi connectivity index (χ3v) is 6.94. The van der Waals surface area contributed by atoms with Crippen molar-refractivity contribution in [3.05, 3.63) is 46.5 Å². The van der Waals surface area contributed by atoms with E-state index in [1.165, 1.54) is 47.2 Å². The van der Waals surface area contributed by atoms with Crippen molar-refractivity contribution in [2.24, 2.45) is 5.92 Å². The van der Waals surface area contributed by atoms with Gasteiger partial charge in [-0.15, -0.1) is 0 Å². The van der Waals surface area contributed by atoms with Gasteiger partial charge in [0, 0.05) is 23.4 Å². The second kappa shape index (κ2) is 6.34. The maximum Gasteiger partial charge on any atom is 0.231 e. The van der Waals surface area contributed by atoms with Gasteiger partial charge in [-0.3, -0.25) is 0 Å². The molecule has 5 nitrogen and oxygen atoms in total. The lowest BCUT2D eigenvalue weighted by molar-refractivity contribution is 0.138. The van der Waals surface area contributed by atoms with Crippen molar-refractivity contribution in [2.45, 2.75) is 31.7 Å². The highest BCUT2D eigenvalue weighted by molar-refractivity contribution is 5.88. The third kappa shape index (κ3) is 2.39. The molecule has 1 saturated carbocycles. The number of nitrogens with zero attached hydrogens (tertiary/aromatic N) is 1. The van der Waals surface area contributed by atoms with Gasteiger partial charge in [0.1, 0.15) is 0 Å². The van der Waals surface area contributed by atoms with Crippen LogP contribution in [0, 0.1) is 5.92 Å². The molecule has 2 aromatic carbocycles. The number of hydrogen-bond donors (Lipinski definition) is 0. The van der Waals surface area contributed by atoms with E-state index in [2.05, 4.69) is 29.2 Å². The molecular formula is C24H25NO4. The number of benzene rings is 2. The van der Waals surface area contributed by atoms with E-state index in [0.717, 1.165) is 36.0 Å². The summed E-state index contributed by atoms with van der Waals surface area (Å²) in [6.07, 6.45) is 7.16. The molecule has 4 aliphatic rings. The first-order valence-electron chi connectivity index (χ1n) is 10.4. The molecule has 2 aromatic rings. The summed E-state index contributed by atoms with van der Waals surface area (Å²) in [5.74, 6) is 4.07. The summed E-state index contributed by atoms with van der Waals surface area (Å²) in [6, 6.07) is 8.85. The average Bonchev–Trinajstić information content (AvgIpc) is 3.17. The van der Waals surface area contributed by atoms with Gasteiger partial charge in [0.25, 0.3) is 0 Å². The normalized spacial score (nSPS) is 21.5. The van der Waals surface area contributed by atoms with Crippen LogP contribution in [0.25, 0.3) is 11.8 Å². The predicted molar refractivity (Wildman–Crippen MR) is 110 cm³/mol. The van der Waals surface area contributed by atoms with Gasteiger partial charge < -0.3 is 23.8 Å². The molecule has 1 aliphatic carbocycles. The molecule has 0 amide bonds. The Labute approximate surface area is 170 Å². The minimum absolute atomic E-state index is 0.311. The summed E-state index contributed by atoms with van der Waals surface area (Å²) in [6.45, 7) is 1.31. The van der Waals surface area contributed by atoms with Crippen LogP contribution in [0.3, 0.4) is 0 Å². The van der Waals surface area contributed by atoms with Crippen molar-refractivity contribution in [1.29, 1.82) is 0 Å². The summed E-state index contributed by atoms with van der Waals surface area (Å²) in [7, 11) is 3.47. The topological polar surface area (TPSA) is 40.2 Å². The minimum Gasteiger partial charge on any atom is -0.493 e. The molecule has 29 heavy (non-hydrogen) atoms. The van der Waals surface area contributed by atoms with Gasteiger partial charge in [0.05, 0.1) is 20.3 Å². The Kier molecular flexibility index (Phi) is 3.73. The van der Waals surface area contributed by atoms with Crippen molar-refractivity contribution >= 4 is 11.8 Å². The first-order chi connectivity index (χ1) is 14.3. The van der Waals surface area contributed by atoms with Gasteiger partial charge >= 0.3 is 0 Å². The lowest BCUT2D eigenvalue weighted by Gasteiger charge is -2.48. The molecule has 0 spiro atoms. The Balaban J connectivity index is 1.56. The van der Waals surface area contributed by atoms with Crippen LogP contribution in [-0.4, -0.2) is 32.5 Å². The Morgan fingerprint density at radius 2 is 1.86 bits per heavy atom. The van der Waals surface area contributed by atoms with Crippen LogP contribution in [0.5, 0.6) is 23.0 Å².